The summed E-state index contributed by atoms with van der Waals surface area (Å²) in [4.78, 5) is 6.78. The summed E-state index contributed by atoms with van der Waals surface area (Å²) in [6.45, 7) is 3.67. The lowest BCUT2D eigenvalue weighted by Crippen LogP contribution is -2.46. The van der Waals surface area contributed by atoms with E-state index in [1.165, 1.54) is 57.3 Å². The Labute approximate surface area is 116 Å². The highest BCUT2D eigenvalue weighted by molar-refractivity contribution is 5.10. The molecule has 1 aromatic heterocycles. The first kappa shape index (κ1) is 13.1. The van der Waals surface area contributed by atoms with E-state index in [-0.39, 0.29) is 0 Å². The van der Waals surface area contributed by atoms with E-state index in [1.807, 2.05) is 12.4 Å². The van der Waals surface area contributed by atoms with Crippen LogP contribution in [0.3, 0.4) is 0 Å². The second kappa shape index (κ2) is 6.49. The molecule has 1 saturated heterocycles. The summed E-state index contributed by atoms with van der Waals surface area (Å²) in [6.07, 6.45) is 11.9. The van der Waals surface area contributed by atoms with Crippen LogP contribution in [0.15, 0.2) is 24.5 Å². The number of hydrogen-bond acceptors (Lipinski definition) is 3. The maximum absolute atomic E-state index is 4.09. The number of hydrogen-bond donors (Lipinski definition) is 1. The molecule has 104 valence electrons. The first-order chi connectivity index (χ1) is 9.42. The number of aromatic nitrogens is 1. The summed E-state index contributed by atoms with van der Waals surface area (Å²) < 4.78 is 0. The van der Waals surface area contributed by atoms with Gasteiger partial charge in [-0.3, -0.25) is 9.88 Å². The van der Waals surface area contributed by atoms with Crippen LogP contribution in [-0.4, -0.2) is 41.6 Å². The fourth-order valence-electron chi connectivity index (χ4n) is 3.00. The second-order valence-electron chi connectivity index (χ2n) is 5.97. The van der Waals surface area contributed by atoms with Crippen molar-refractivity contribution in [3.63, 3.8) is 0 Å². The van der Waals surface area contributed by atoms with E-state index in [2.05, 4.69) is 27.3 Å². The van der Waals surface area contributed by atoms with Crippen molar-refractivity contribution in [3.8, 4) is 0 Å². The lowest BCUT2D eigenvalue weighted by atomic mass is 10.0. The quantitative estimate of drug-likeness (QED) is 0.849. The van der Waals surface area contributed by atoms with Crippen molar-refractivity contribution in [2.45, 2.75) is 50.6 Å². The van der Waals surface area contributed by atoms with Crippen molar-refractivity contribution in [1.29, 1.82) is 0 Å². The number of rotatable bonds is 6. The van der Waals surface area contributed by atoms with Gasteiger partial charge in [0.05, 0.1) is 0 Å². The molecule has 1 atom stereocenters. The van der Waals surface area contributed by atoms with Crippen LogP contribution in [0.25, 0.3) is 0 Å². The number of nitrogens with one attached hydrogen (secondary N) is 1. The van der Waals surface area contributed by atoms with E-state index in [4.69, 9.17) is 0 Å². The van der Waals surface area contributed by atoms with Gasteiger partial charge in [-0.2, -0.15) is 0 Å². The number of nitrogens with zero attached hydrogens (tertiary/aromatic N) is 2. The van der Waals surface area contributed by atoms with Gasteiger partial charge >= 0.3 is 0 Å². The molecule has 0 bridgehead atoms. The van der Waals surface area contributed by atoms with Gasteiger partial charge in [-0.25, -0.2) is 0 Å². The molecule has 2 aliphatic rings. The zero-order valence-corrected chi connectivity index (χ0v) is 11.7. The fourth-order valence-corrected chi connectivity index (χ4v) is 3.00. The van der Waals surface area contributed by atoms with Crippen LogP contribution >= 0.6 is 0 Å². The van der Waals surface area contributed by atoms with Crippen LogP contribution in [0, 0.1) is 0 Å². The lowest BCUT2D eigenvalue weighted by Gasteiger charge is -2.36. The van der Waals surface area contributed by atoms with Crippen LogP contribution in [0.1, 0.15) is 37.7 Å². The van der Waals surface area contributed by atoms with Crippen molar-refractivity contribution in [1.82, 2.24) is 15.2 Å². The first-order valence-corrected chi connectivity index (χ1v) is 7.78. The molecular formula is C16H25N3. The molecule has 2 heterocycles. The number of likely N-dealkylation sites (tertiary alicyclic amines) is 1. The van der Waals surface area contributed by atoms with Gasteiger partial charge in [-0.15, -0.1) is 0 Å². The van der Waals surface area contributed by atoms with Crippen LogP contribution < -0.4 is 5.32 Å². The zero-order valence-electron chi connectivity index (χ0n) is 11.7. The minimum Gasteiger partial charge on any atom is -0.312 e. The van der Waals surface area contributed by atoms with E-state index >= 15 is 0 Å². The van der Waals surface area contributed by atoms with E-state index in [0.29, 0.717) is 0 Å². The molecule has 0 radical (unpaired) electrons. The predicted molar refractivity (Wildman–Crippen MR) is 78.2 cm³/mol. The van der Waals surface area contributed by atoms with Gasteiger partial charge in [0.25, 0.3) is 0 Å². The largest absolute Gasteiger partial charge is 0.312 e. The highest BCUT2D eigenvalue weighted by atomic mass is 15.2. The molecule has 1 aliphatic carbocycles. The lowest BCUT2D eigenvalue weighted by molar-refractivity contribution is 0.147. The molecule has 19 heavy (non-hydrogen) atoms. The van der Waals surface area contributed by atoms with E-state index < -0.39 is 0 Å². The van der Waals surface area contributed by atoms with Gasteiger partial charge in [0.2, 0.25) is 0 Å². The van der Waals surface area contributed by atoms with Crippen LogP contribution in [0.5, 0.6) is 0 Å². The van der Waals surface area contributed by atoms with Crippen LogP contribution in [0.4, 0.5) is 0 Å². The standard InChI is InChI=1S/C16H25N3/c1-2-11-19(12-8-14-6-9-17-10-7-14)16(3-1)13-18-15-4-5-15/h6-7,9-10,15-16,18H,1-5,8,11-13H2. The molecule has 1 N–H and O–H groups in total. The topological polar surface area (TPSA) is 28.2 Å². The Morgan fingerprint density at radius 1 is 1.16 bits per heavy atom. The average molecular weight is 259 g/mol. The van der Waals surface area contributed by atoms with E-state index in [9.17, 15) is 0 Å². The van der Waals surface area contributed by atoms with Gasteiger partial charge in [0.1, 0.15) is 0 Å². The molecule has 1 aliphatic heterocycles. The Hall–Kier alpha value is -0.930. The molecule has 3 rings (SSSR count). The van der Waals surface area contributed by atoms with E-state index in [0.717, 1.165) is 18.5 Å². The molecule has 1 saturated carbocycles. The van der Waals surface area contributed by atoms with Gasteiger partial charge in [0.15, 0.2) is 0 Å². The summed E-state index contributed by atoms with van der Waals surface area (Å²) in [5.74, 6) is 0. The molecule has 3 nitrogen and oxygen atoms in total. The van der Waals surface area contributed by atoms with Crippen molar-refractivity contribution in [2.24, 2.45) is 0 Å². The molecular weight excluding hydrogens is 234 g/mol. The van der Waals surface area contributed by atoms with Crippen LogP contribution in [0.2, 0.25) is 0 Å². The minimum absolute atomic E-state index is 0.760. The van der Waals surface area contributed by atoms with E-state index in [1.54, 1.807) is 0 Å². The van der Waals surface area contributed by atoms with Crippen molar-refractivity contribution in [3.05, 3.63) is 30.1 Å². The third-order valence-corrected chi connectivity index (χ3v) is 4.41. The molecule has 0 amide bonds. The Bertz CT molecular complexity index is 375. The summed E-state index contributed by atoms with van der Waals surface area (Å²) in [5.41, 5.74) is 1.41. The third kappa shape index (κ3) is 4.02. The zero-order chi connectivity index (χ0) is 12.9. The second-order valence-corrected chi connectivity index (χ2v) is 5.97. The van der Waals surface area contributed by atoms with Crippen molar-refractivity contribution >= 4 is 0 Å². The minimum atomic E-state index is 0.760. The normalized spacial score (nSPS) is 24.5. The summed E-state index contributed by atoms with van der Waals surface area (Å²) in [5, 5.41) is 3.70. The maximum Gasteiger partial charge on any atom is 0.0270 e. The highest BCUT2D eigenvalue weighted by Crippen LogP contribution is 2.21. The smallest absolute Gasteiger partial charge is 0.0270 e. The Morgan fingerprint density at radius 2 is 2.00 bits per heavy atom. The number of piperidine rings is 1. The molecule has 3 heteroatoms. The Balaban J connectivity index is 1.48. The fraction of sp³-hybridized carbons (Fsp3) is 0.688. The molecule has 0 spiro atoms. The SMILES string of the molecule is c1cc(CCN2CCCCC2CNC2CC2)ccn1. The summed E-state index contributed by atoms with van der Waals surface area (Å²) in [7, 11) is 0. The molecule has 0 aromatic carbocycles. The predicted octanol–water partition coefficient (Wildman–Crippen LogP) is 2.23. The maximum atomic E-state index is 4.09. The van der Waals surface area contributed by atoms with Crippen molar-refractivity contribution in [2.75, 3.05) is 19.6 Å². The highest BCUT2D eigenvalue weighted by Gasteiger charge is 2.26. The van der Waals surface area contributed by atoms with Crippen molar-refractivity contribution < 1.29 is 0 Å². The van der Waals surface area contributed by atoms with Gasteiger partial charge in [0, 0.05) is 37.6 Å². The van der Waals surface area contributed by atoms with Gasteiger partial charge in [-0.05, 0) is 56.3 Å². The Kier molecular flexibility index (Phi) is 4.46. The number of pyridine rings is 1. The molecule has 1 unspecified atom stereocenters. The van der Waals surface area contributed by atoms with Crippen LogP contribution in [-0.2, 0) is 6.42 Å². The molecule has 2 fully saturated rings. The summed E-state index contributed by atoms with van der Waals surface area (Å²) in [6, 6.07) is 5.88. The van der Waals surface area contributed by atoms with Gasteiger partial charge in [-0.1, -0.05) is 6.42 Å². The first-order valence-electron chi connectivity index (χ1n) is 7.78. The van der Waals surface area contributed by atoms with Gasteiger partial charge < -0.3 is 5.32 Å². The average Bonchev–Trinajstić information content (AvgIpc) is 3.29. The summed E-state index contributed by atoms with van der Waals surface area (Å²) >= 11 is 0. The molecule has 1 aromatic rings. The third-order valence-electron chi connectivity index (χ3n) is 4.41. The Morgan fingerprint density at radius 3 is 2.79 bits per heavy atom. The monoisotopic (exact) mass is 259 g/mol.